The van der Waals surface area contributed by atoms with Crippen molar-refractivity contribution in [2.24, 2.45) is 4.99 Å². The molecule has 0 spiro atoms. The minimum absolute atomic E-state index is 0.126. The van der Waals surface area contributed by atoms with Crippen molar-refractivity contribution in [1.29, 1.82) is 0 Å². The van der Waals surface area contributed by atoms with Gasteiger partial charge >= 0.3 is 0 Å². The molecule has 6 aromatic carbocycles. The topological polar surface area (TPSA) is 108 Å². The Balaban J connectivity index is 0.000000151. The van der Waals surface area contributed by atoms with E-state index in [1.807, 2.05) is 66.1 Å². The average molecular weight is 1060 g/mol. The van der Waals surface area contributed by atoms with Crippen molar-refractivity contribution < 1.29 is 18.9 Å². The summed E-state index contributed by atoms with van der Waals surface area (Å²) in [7, 11) is 1.58. The third-order valence-corrected chi connectivity index (χ3v) is 21.0. The van der Waals surface area contributed by atoms with Crippen molar-refractivity contribution in [3.63, 3.8) is 0 Å². The minimum atomic E-state index is -1.77. The summed E-state index contributed by atoms with van der Waals surface area (Å²) >= 11 is 3.35. The van der Waals surface area contributed by atoms with Gasteiger partial charge in [-0.1, -0.05) is 142 Å². The summed E-state index contributed by atoms with van der Waals surface area (Å²) in [6.45, 7) is 17.1. The van der Waals surface area contributed by atoms with Gasteiger partial charge in [0.05, 0.1) is 43.7 Å². The maximum atomic E-state index is 6.11. The smallest absolute Gasteiger partial charge is 0.193 e. The number of benzene rings is 6. The number of aromatic amines is 1. The molecule has 10 rings (SSSR count). The van der Waals surface area contributed by atoms with Gasteiger partial charge in [-0.2, -0.15) is 10.2 Å². The van der Waals surface area contributed by atoms with Crippen LogP contribution in [-0.2, 0) is 26.1 Å². The van der Waals surface area contributed by atoms with Crippen LogP contribution in [0.1, 0.15) is 92.1 Å². The largest absolute Gasteiger partial charge is 0.493 e. The van der Waals surface area contributed by atoms with Gasteiger partial charge < -0.3 is 24.3 Å². The summed E-state index contributed by atoms with van der Waals surface area (Å²) in [5.74, 6) is 3.11. The van der Waals surface area contributed by atoms with E-state index in [0.29, 0.717) is 29.8 Å². The maximum Gasteiger partial charge on any atom is 0.193 e. The van der Waals surface area contributed by atoms with Crippen LogP contribution in [0.3, 0.4) is 0 Å². The second-order valence-electron chi connectivity index (χ2n) is 19.5. The predicted octanol–water partition coefficient (Wildman–Crippen LogP) is 14.7. The second-order valence-corrected chi connectivity index (χ2v) is 25.7. The molecular weight excluding hydrogens is 989 g/mol. The molecule has 12 heteroatoms. The standard InChI is InChI=1S/C26H25N3O2.C18H27BrN2Si.C17H17NO2/c1-30-25-15-22-20(14-26(25)31-17-19-5-3-2-4-6-19)11-12-27-24(22)10-8-18-7-9-23-21(13-18)16-28-29-23;1-13(2)22(14(3)4,15(5)6)21-18-8-7-16(9-10-19)11-17(18)12-20-21;1-19-16-10-15-11-18-8-7-14(15)9-17(16)20-12-13-5-3-2-4-6-13/h2-10,13-16,24,27H,11-12,17H2,1H3,(H,28,29);7-15H,1-6H3;2-6,9-11H,7-8,12H2,1H3/b10-8+;10-9+;. The quantitative estimate of drug-likeness (QED) is 0.0985. The van der Waals surface area contributed by atoms with Gasteiger partial charge in [-0.25, -0.2) is 0 Å². The van der Waals surface area contributed by atoms with E-state index in [2.05, 4.69) is 179 Å². The first kappa shape index (κ1) is 52.6. The van der Waals surface area contributed by atoms with Crippen LogP contribution < -0.4 is 24.3 Å². The van der Waals surface area contributed by atoms with E-state index in [1.54, 1.807) is 14.2 Å². The molecule has 0 saturated carbocycles. The third kappa shape index (κ3) is 12.4. The van der Waals surface area contributed by atoms with E-state index in [9.17, 15) is 0 Å². The first-order chi connectivity index (χ1) is 35.5. The zero-order valence-electron chi connectivity index (χ0n) is 43.4. The maximum absolute atomic E-state index is 6.11. The van der Waals surface area contributed by atoms with Crippen LogP contribution in [0.4, 0.5) is 0 Å². The van der Waals surface area contributed by atoms with Crippen molar-refractivity contribution in [3.8, 4) is 23.0 Å². The molecule has 8 aromatic rings. The van der Waals surface area contributed by atoms with Gasteiger partial charge in [-0.05, 0) is 134 Å². The number of H-pyrrole nitrogens is 1. The Morgan fingerprint density at radius 3 is 1.93 bits per heavy atom. The number of rotatable bonds is 15. The van der Waals surface area contributed by atoms with Crippen molar-refractivity contribution in [2.75, 3.05) is 27.3 Å². The number of aliphatic imine (C=N–C) groups is 1. The normalized spacial score (nSPS) is 14.3. The Morgan fingerprint density at radius 1 is 0.671 bits per heavy atom. The molecule has 0 aliphatic carbocycles. The molecular formula is C61H69BrN6O4Si. The third-order valence-electron chi connectivity index (χ3n) is 14.1. The van der Waals surface area contributed by atoms with Crippen LogP contribution in [0.2, 0.25) is 16.6 Å². The molecule has 2 aliphatic rings. The van der Waals surface area contributed by atoms with E-state index in [4.69, 9.17) is 24.0 Å². The van der Waals surface area contributed by atoms with Gasteiger partial charge in [-0.15, -0.1) is 0 Å². The van der Waals surface area contributed by atoms with Crippen LogP contribution in [0.15, 0.2) is 150 Å². The van der Waals surface area contributed by atoms with Gasteiger partial charge in [0.15, 0.2) is 31.2 Å². The van der Waals surface area contributed by atoms with Crippen molar-refractivity contribution in [1.82, 2.24) is 25.0 Å². The monoisotopic (exact) mass is 1060 g/mol. The molecule has 2 aromatic heterocycles. The Morgan fingerprint density at radius 2 is 1.29 bits per heavy atom. The number of methoxy groups -OCH3 is 2. The van der Waals surface area contributed by atoms with Crippen molar-refractivity contribution in [3.05, 3.63) is 189 Å². The molecule has 10 nitrogen and oxygen atoms in total. The molecule has 1 unspecified atom stereocenters. The molecule has 0 amide bonds. The molecule has 73 heavy (non-hydrogen) atoms. The van der Waals surface area contributed by atoms with E-state index in [1.165, 1.54) is 33.2 Å². The van der Waals surface area contributed by atoms with Gasteiger partial charge in [0.25, 0.3) is 0 Å². The fourth-order valence-electron chi connectivity index (χ4n) is 10.6. The van der Waals surface area contributed by atoms with Gasteiger partial charge in [0.1, 0.15) is 13.2 Å². The van der Waals surface area contributed by atoms with Crippen LogP contribution >= 0.6 is 15.9 Å². The molecule has 0 radical (unpaired) electrons. The SMILES string of the molecule is CC(C)[Si](C(C)C)(C(C)C)n1ncc2cc(/C=C/Br)ccc21.COc1cc2c(cc1OCc1ccccc1)CCN=C2.COc1cc2c(cc1OCc1ccccc1)CCNC2/C=C/c1ccc2[nH]ncc2c1. The number of halogens is 1. The number of fused-ring (bicyclic) bond motifs is 4. The highest BCUT2D eigenvalue weighted by Gasteiger charge is 2.47. The summed E-state index contributed by atoms with van der Waals surface area (Å²) in [6.07, 6.45) is 14.1. The lowest BCUT2D eigenvalue weighted by atomic mass is 9.93. The molecule has 1 atom stereocenters. The van der Waals surface area contributed by atoms with Crippen LogP contribution in [0.25, 0.3) is 34.0 Å². The summed E-state index contributed by atoms with van der Waals surface area (Å²) in [5, 5.41) is 17.9. The van der Waals surface area contributed by atoms with Gasteiger partial charge in [0.2, 0.25) is 0 Å². The lowest BCUT2D eigenvalue weighted by Gasteiger charge is -2.43. The van der Waals surface area contributed by atoms with E-state index < -0.39 is 8.24 Å². The van der Waals surface area contributed by atoms with Crippen LogP contribution in [0.5, 0.6) is 23.0 Å². The molecule has 4 heterocycles. The first-order valence-electron chi connectivity index (χ1n) is 25.4. The van der Waals surface area contributed by atoms with Crippen molar-refractivity contribution in [2.45, 2.75) is 90.3 Å². The molecule has 2 N–H and O–H groups in total. The minimum Gasteiger partial charge on any atom is -0.493 e. The molecule has 0 fully saturated rings. The summed E-state index contributed by atoms with van der Waals surface area (Å²) in [6, 6.07) is 41.7. The number of hydrogen-bond donors (Lipinski definition) is 2. The highest BCUT2D eigenvalue weighted by molar-refractivity contribution is 9.11. The van der Waals surface area contributed by atoms with E-state index >= 15 is 0 Å². The summed E-state index contributed by atoms with van der Waals surface area (Å²) < 4.78 is 25.5. The van der Waals surface area contributed by atoms with Crippen molar-refractivity contribution >= 4 is 64.3 Å². The lowest BCUT2D eigenvalue weighted by molar-refractivity contribution is 0.283. The van der Waals surface area contributed by atoms with Gasteiger partial charge in [-0.3, -0.25) is 14.4 Å². The molecule has 2 aliphatic heterocycles. The van der Waals surface area contributed by atoms with Gasteiger partial charge in [0, 0.05) is 30.1 Å². The first-order valence-corrected chi connectivity index (χ1v) is 28.5. The van der Waals surface area contributed by atoms with Crippen LogP contribution in [-0.4, -0.2) is 61.4 Å². The Hall–Kier alpha value is -6.73. The fraction of sp³-hybridized carbons (Fsp3) is 0.295. The Labute approximate surface area is 440 Å². The average Bonchev–Trinajstić information content (AvgIpc) is 4.07. The molecule has 378 valence electrons. The van der Waals surface area contributed by atoms with Crippen LogP contribution in [0, 0.1) is 0 Å². The highest BCUT2D eigenvalue weighted by atomic mass is 79.9. The fourth-order valence-corrected chi connectivity index (χ4v) is 17.3. The Kier molecular flexibility index (Phi) is 17.9. The number of nitrogens with zero attached hydrogens (tertiary/aromatic N) is 4. The number of hydrogen-bond acceptors (Lipinski definition) is 8. The number of nitrogens with one attached hydrogen (secondary N) is 2. The lowest BCUT2D eigenvalue weighted by Crippen LogP contribution is -2.52. The summed E-state index contributed by atoms with van der Waals surface area (Å²) in [5.41, 5.74) is 13.8. The molecule has 0 bridgehead atoms. The second kappa shape index (κ2) is 24.8. The zero-order chi connectivity index (χ0) is 51.3. The Bertz CT molecular complexity index is 3140. The number of aromatic nitrogens is 4. The molecule has 0 saturated heterocycles. The highest BCUT2D eigenvalue weighted by Crippen LogP contribution is 2.44. The van der Waals surface area contributed by atoms with E-state index in [-0.39, 0.29) is 6.04 Å². The number of ether oxygens (including phenoxy) is 4. The summed E-state index contributed by atoms with van der Waals surface area (Å²) in [4.78, 5) is 6.19. The predicted molar refractivity (Wildman–Crippen MR) is 307 cm³/mol. The van der Waals surface area contributed by atoms with E-state index in [0.717, 1.165) is 82.1 Å². The zero-order valence-corrected chi connectivity index (χ0v) is 46.0.